The lowest BCUT2D eigenvalue weighted by Gasteiger charge is -2.34. The number of amides is 2. The number of benzene rings is 1. The van der Waals surface area contributed by atoms with Crippen molar-refractivity contribution < 1.29 is 9.59 Å². The van der Waals surface area contributed by atoms with Crippen molar-refractivity contribution in [2.75, 3.05) is 6.54 Å². The van der Waals surface area contributed by atoms with Gasteiger partial charge in [0.2, 0.25) is 5.91 Å². The molecule has 2 atom stereocenters. The van der Waals surface area contributed by atoms with Crippen LogP contribution in [0.1, 0.15) is 42.5 Å². The molecular weight excluding hydrogens is 306 g/mol. The minimum atomic E-state index is -0.239. The number of fused-ring (bicyclic) bond motifs is 1. The summed E-state index contributed by atoms with van der Waals surface area (Å²) in [4.78, 5) is 26.5. The lowest BCUT2D eigenvalue weighted by Crippen LogP contribution is -2.44. The molecule has 0 aliphatic carbocycles. The molecule has 7 heteroatoms. The lowest BCUT2D eigenvalue weighted by molar-refractivity contribution is -0.134. The van der Waals surface area contributed by atoms with E-state index in [0.717, 1.165) is 5.82 Å². The Hall–Kier alpha value is -2.70. The van der Waals surface area contributed by atoms with E-state index in [-0.39, 0.29) is 30.3 Å². The monoisotopic (exact) mass is 327 g/mol. The van der Waals surface area contributed by atoms with Crippen LogP contribution in [-0.4, -0.2) is 44.1 Å². The van der Waals surface area contributed by atoms with E-state index in [2.05, 4.69) is 15.5 Å². The van der Waals surface area contributed by atoms with Gasteiger partial charge in [-0.15, -0.1) is 10.2 Å². The van der Waals surface area contributed by atoms with Crippen LogP contribution in [-0.2, 0) is 11.3 Å². The molecule has 2 heterocycles. The smallest absolute Gasteiger partial charge is 0.251 e. The minimum Gasteiger partial charge on any atom is -0.349 e. The van der Waals surface area contributed by atoms with Gasteiger partial charge in [-0.3, -0.25) is 9.59 Å². The second kappa shape index (κ2) is 6.82. The summed E-state index contributed by atoms with van der Waals surface area (Å²) in [6.07, 6.45) is 1.95. The summed E-state index contributed by atoms with van der Waals surface area (Å²) in [7, 11) is 0. The Bertz CT molecular complexity index is 728. The van der Waals surface area contributed by atoms with Gasteiger partial charge in [0, 0.05) is 31.1 Å². The van der Waals surface area contributed by atoms with Gasteiger partial charge < -0.3 is 14.8 Å². The molecule has 3 rings (SSSR count). The van der Waals surface area contributed by atoms with Gasteiger partial charge >= 0.3 is 0 Å². The summed E-state index contributed by atoms with van der Waals surface area (Å²) in [6.45, 7) is 5.12. The van der Waals surface area contributed by atoms with Gasteiger partial charge in [0.15, 0.2) is 5.82 Å². The topological polar surface area (TPSA) is 80.1 Å². The van der Waals surface area contributed by atoms with E-state index in [1.807, 2.05) is 36.6 Å². The molecule has 7 nitrogen and oxygen atoms in total. The molecule has 2 unspecified atom stereocenters. The van der Waals surface area contributed by atoms with Crippen LogP contribution in [0.4, 0.5) is 0 Å². The highest BCUT2D eigenvalue weighted by atomic mass is 16.2. The number of carbonyl (C=O) groups is 2. The van der Waals surface area contributed by atoms with Crippen molar-refractivity contribution >= 4 is 11.8 Å². The standard InChI is InChI=1S/C17H21N5O2/c1-12(19-17(24)14-6-4-3-5-7-14)10-15(23)22-9-8-21-11-18-20-16(21)13(22)2/h3-7,11-13H,8-10H2,1-2H3,(H,19,24). The Morgan fingerprint density at radius 1 is 1.29 bits per heavy atom. The number of hydrogen-bond donors (Lipinski definition) is 1. The van der Waals surface area contributed by atoms with E-state index >= 15 is 0 Å². The summed E-state index contributed by atoms with van der Waals surface area (Å²) in [5, 5.41) is 10.9. The number of nitrogens with zero attached hydrogens (tertiary/aromatic N) is 4. The van der Waals surface area contributed by atoms with Crippen LogP contribution in [0.15, 0.2) is 36.7 Å². The first-order chi connectivity index (χ1) is 11.6. The van der Waals surface area contributed by atoms with Gasteiger partial charge in [-0.25, -0.2) is 0 Å². The van der Waals surface area contributed by atoms with E-state index in [4.69, 9.17) is 0 Å². The quantitative estimate of drug-likeness (QED) is 0.920. The van der Waals surface area contributed by atoms with E-state index in [0.29, 0.717) is 18.7 Å². The van der Waals surface area contributed by atoms with Crippen molar-refractivity contribution in [2.24, 2.45) is 0 Å². The fourth-order valence-corrected chi connectivity index (χ4v) is 2.98. The van der Waals surface area contributed by atoms with Crippen molar-refractivity contribution in [3.8, 4) is 0 Å². The van der Waals surface area contributed by atoms with Gasteiger partial charge in [-0.2, -0.15) is 0 Å². The Morgan fingerprint density at radius 2 is 2.04 bits per heavy atom. The highest BCUT2D eigenvalue weighted by molar-refractivity contribution is 5.94. The number of aromatic nitrogens is 3. The van der Waals surface area contributed by atoms with E-state index in [1.54, 1.807) is 23.4 Å². The van der Waals surface area contributed by atoms with Crippen LogP contribution in [0.3, 0.4) is 0 Å². The van der Waals surface area contributed by atoms with Crippen molar-refractivity contribution in [1.82, 2.24) is 25.0 Å². The van der Waals surface area contributed by atoms with Crippen molar-refractivity contribution in [2.45, 2.75) is 38.9 Å². The van der Waals surface area contributed by atoms with Crippen molar-refractivity contribution in [3.63, 3.8) is 0 Å². The summed E-state index contributed by atoms with van der Waals surface area (Å²) in [5.41, 5.74) is 0.594. The number of rotatable bonds is 4. The second-order valence-electron chi connectivity index (χ2n) is 6.09. The van der Waals surface area contributed by atoms with Crippen LogP contribution in [0.5, 0.6) is 0 Å². The van der Waals surface area contributed by atoms with Crippen molar-refractivity contribution in [3.05, 3.63) is 48.0 Å². The molecule has 0 bridgehead atoms. The summed E-state index contributed by atoms with van der Waals surface area (Å²) in [6, 6.07) is 8.66. The first-order valence-corrected chi connectivity index (χ1v) is 8.09. The average Bonchev–Trinajstić information content (AvgIpc) is 3.05. The zero-order valence-corrected chi connectivity index (χ0v) is 13.8. The second-order valence-corrected chi connectivity index (χ2v) is 6.09. The summed E-state index contributed by atoms with van der Waals surface area (Å²) < 4.78 is 1.97. The molecule has 0 saturated heterocycles. The zero-order valence-electron chi connectivity index (χ0n) is 13.8. The number of carbonyl (C=O) groups excluding carboxylic acids is 2. The molecule has 24 heavy (non-hydrogen) atoms. The fraction of sp³-hybridized carbons (Fsp3) is 0.412. The van der Waals surface area contributed by atoms with E-state index < -0.39 is 0 Å². The molecule has 1 aromatic heterocycles. The third kappa shape index (κ3) is 3.29. The Kier molecular flexibility index (Phi) is 4.59. The highest BCUT2D eigenvalue weighted by Gasteiger charge is 2.30. The van der Waals surface area contributed by atoms with Crippen LogP contribution < -0.4 is 5.32 Å². The van der Waals surface area contributed by atoms with Gasteiger partial charge in [-0.1, -0.05) is 18.2 Å². The average molecular weight is 327 g/mol. The molecule has 126 valence electrons. The first kappa shape index (κ1) is 16.2. The maximum absolute atomic E-state index is 12.6. The Morgan fingerprint density at radius 3 is 2.79 bits per heavy atom. The molecule has 0 spiro atoms. The predicted octanol–water partition coefficient (Wildman–Crippen LogP) is 1.39. The molecular formula is C17H21N5O2. The molecule has 2 aromatic rings. The Balaban J connectivity index is 1.58. The Labute approximate surface area is 140 Å². The SMILES string of the molecule is CC(CC(=O)N1CCn2cnnc2C1C)NC(=O)c1ccccc1. The van der Waals surface area contributed by atoms with E-state index in [9.17, 15) is 9.59 Å². The highest BCUT2D eigenvalue weighted by Crippen LogP contribution is 2.23. The predicted molar refractivity (Wildman–Crippen MR) is 88.1 cm³/mol. The molecule has 0 saturated carbocycles. The third-order valence-electron chi connectivity index (χ3n) is 4.28. The van der Waals surface area contributed by atoms with Gasteiger partial charge in [0.05, 0.1) is 6.04 Å². The van der Waals surface area contributed by atoms with Gasteiger partial charge in [-0.05, 0) is 26.0 Å². The summed E-state index contributed by atoms with van der Waals surface area (Å²) >= 11 is 0. The normalized spacial score (nSPS) is 17.9. The van der Waals surface area contributed by atoms with Crippen molar-refractivity contribution in [1.29, 1.82) is 0 Å². The minimum absolute atomic E-state index is 0.0117. The summed E-state index contributed by atoms with van der Waals surface area (Å²) in [5.74, 6) is 0.649. The molecule has 1 aliphatic rings. The number of nitrogens with one attached hydrogen (secondary N) is 1. The maximum Gasteiger partial charge on any atom is 0.251 e. The lowest BCUT2D eigenvalue weighted by atomic mass is 10.1. The molecule has 1 aliphatic heterocycles. The van der Waals surface area contributed by atoms with Gasteiger partial charge in [0.1, 0.15) is 6.33 Å². The largest absolute Gasteiger partial charge is 0.349 e. The van der Waals surface area contributed by atoms with Crippen LogP contribution in [0, 0.1) is 0 Å². The van der Waals surface area contributed by atoms with Gasteiger partial charge in [0.25, 0.3) is 5.91 Å². The first-order valence-electron chi connectivity index (χ1n) is 8.09. The molecule has 0 fully saturated rings. The molecule has 1 N–H and O–H groups in total. The molecule has 1 aromatic carbocycles. The third-order valence-corrected chi connectivity index (χ3v) is 4.28. The van der Waals surface area contributed by atoms with Crippen LogP contribution in [0.2, 0.25) is 0 Å². The molecule has 0 radical (unpaired) electrons. The number of hydrogen-bond acceptors (Lipinski definition) is 4. The van der Waals surface area contributed by atoms with E-state index in [1.165, 1.54) is 0 Å². The van der Waals surface area contributed by atoms with Crippen LogP contribution >= 0.6 is 0 Å². The fourth-order valence-electron chi connectivity index (χ4n) is 2.98. The zero-order chi connectivity index (χ0) is 17.1. The molecule has 2 amide bonds. The van der Waals surface area contributed by atoms with Crippen LogP contribution in [0.25, 0.3) is 0 Å². The maximum atomic E-state index is 12.6.